The van der Waals surface area contributed by atoms with E-state index in [-0.39, 0.29) is 18.5 Å². The van der Waals surface area contributed by atoms with Crippen molar-refractivity contribution in [3.63, 3.8) is 0 Å². The van der Waals surface area contributed by atoms with Gasteiger partial charge in [0.05, 0.1) is 17.3 Å². The van der Waals surface area contributed by atoms with Crippen LogP contribution in [0.5, 0.6) is 0 Å². The number of benzene rings is 2. The molecule has 1 N–H and O–H groups in total. The van der Waals surface area contributed by atoms with Gasteiger partial charge in [-0.15, -0.1) is 0 Å². The van der Waals surface area contributed by atoms with Gasteiger partial charge < -0.3 is 5.11 Å². The van der Waals surface area contributed by atoms with Crippen LogP contribution in [0.15, 0.2) is 59.4 Å². The monoisotopic (exact) mass is 320 g/mol. The van der Waals surface area contributed by atoms with Gasteiger partial charge in [-0.25, -0.2) is 4.98 Å². The highest BCUT2D eigenvalue weighted by Gasteiger charge is 2.10. The molecule has 0 aliphatic carbocycles. The highest BCUT2D eigenvalue weighted by molar-refractivity contribution is 5.79. The summed E-state index contributed by atoms with van der Waals surface area (Å²) in [6.45, 7) is 0.0838. The molecule has 0 fully saturated rings. The summed E-state index contributed by atoms with van der Waals surface area (Å²) in [4.78, 5) is 28.1. The summed E-state index contributed by atoms with van der Waals surface area (Å²) in [6, 6.07) is 16.7. The number of carboxylic acid groups (broad SMARTS) is 1. The average molecular weight is 320 g/mol. The second-order valence-corrected chi connectivity index (χ2v) is 5.33. The van der Waals surface area contributed by atoms with Crippen LogP contribution in [-0.4, -0.2) is 20.6 Å². The first-order chi connectivity index (χ1) is 11.6. The van der Waals surface area contributed by atoms with Gasteiger partial charge in [0.25, 0.3) is 5.56 Å². The zero-order chi connectivity index (χ0) is 16.9. The molecule has 0 bridgehead atoms. The normalized spacial score (nSPS) is 11.2. The Kier molecular flexibility index (Phi) is 4.52. The van der Waals surface area contributed by atoms with Crippen LogP contribution in [0.25, 0.3) is 23.1 Å². The van der Waals surface area contributed by atoms with Crippen LogP contribution >= 0.6 is 0 Å². The molecule has 2 aromatic carbocycles. The molecule has 3 aromatic rings. The largest absolute Gasteiger partial charge is 0.481 e. The molecule has 0 saturated heterocycles. The summed E-state index contributed by atoms with van der Waals surface area (Å²) < 4.78 is 1.41. The maximum absolute atomic E-state index is 12.7. The number of rotatable bonds is 5. The molecule has 0 aliphatic rings. The quantitative estimate of drug-likeness (QED) is 0.784. The molecule has 120 valence electrons. The molecular formula is C19H16N2O3. The molecule has 3 rings (SSSR count). The minimum absolute atomic E-state index is 0.0838. The Morgan fingerprint density at radius 1 is 1.04 bits per heavy atom. The van der Waals surface area contributed by atoms with Crippen molar-refractivity contribution in [2.45, 2.75) is 13.0 Å². The smallest absolute Gasteiger partial charge is 0.305 e. The van der Waals surface area contributed by atoms with Crippen LogP contribution in [0.2, 0.25) is 0 Å². The minimum Gasteiger partial charge on any atom is -0.481 e. The second-order valence-electron chi connectivity index (χ2n) is 5.33. The number of para-hydroxylation sites is 1. The van der Waals surface area contributed by atoms with Crippen LogP contribution in [-0.2, 0) is 11.3 Å². The van der Waals surface area contributed by atoms with Crippen LogP contribution in [0.1, 0.15) is 17.8 Å². The lowest BCUT2D eigenvalue weighted by Crippen LogP contribution is -2.25. The van der Waals surface area contributed by atoms with Crippen LogP contribution in [0.3, 0.4) is 0 Å². The van der Waals surface area contributed by atoms with Gasteiger partial charge in [0.2, 0.25) is 0 Å². The molecule has 0 radical (unpaired) electrons. The van der Waals surface area contributed by atoms with Crippen molar-refractivity contribution in [2.75, 3.05) is 0 Å². The molecule has 0 aliphatic heterocycles. The van der Waals surface area contributed by atoms with E-state index in [9.17, 15) is 9.59 Å². The van der Waals surface area contributed by atoms with E-state index >= 15 is 0 Å². The number of aliphatic carboxylic acids is 1. The molecule has 0 spiro atoms. The van der Waals surface area contributed by atoms with Gasteiger partial charge in [-0.2, -0.15) is 0 Å². The molecule has 1 aromatic heterocycles. The van der Waals surface area contributed by atoms with Gasteiger partial charge >= 0.3 is 5.97 Å². The number of nitrogens with zero attached hydrogens (tertiary/aromatic N) is 2. The van der Waals surface area contributed by atoms with Gasteiger partial charge in [-0.3, -0.25) is 14.2 Å². The maximum Gasteiger partial charge on any atom is 0.305 e. The van der Waals surface area contributed by atoms with Crippen LogP contribution < -0.4 is 5.56 Å². The first-order valence-electron chi connectivity index (χ1n) is 7.59. The zero-order valence-corrected chi connectivity index (χ0v) is 12.9. The lowest BCUT2D eigenvalue weighted by molar-refractivity contribution is -0.137. The van der Waals surface area contributed by atoms with Crippen molar-refractivity contribution >= 4 is 29.0 Å². The molecule has 0 amide bonds. The number of carbonyl (C=O) groups is 1. The molecular weight excluding hydrogens is 304 g/mol. The van der Waals surface area contributed by atoms with Gasteiger partial charge in [0, 0.05) is 6.54 Å². The van der Waals surface area contributed by atoms with Crippen molar-refractivity contribution in [1.82, 2.24) is 9.55 Å². The first-order valence-corrected chi connectivity index (χ1v) is 7.59. The highest BCUT2D eigenvalue weighted by atomic mass is 16.4. The van der Waals surface area contributed by atoms with E-state index in [2.05, 4.69) is 4.98 Å². The Labute approximate surface area is 138 Å². The third-order valence-corrected chi connectivity index (χ3v) is 3.66. The fraction of sp³-hybridized carbons (Fsp3) is 0.105. The third kappa shape index (κ3) is 3.41. The van der Waals surface area contributed by atoms with Crippen LogP contribution in [0, 0.1) is 0 Å². The Bertz CT molecular complexity index is 959. The predicted octanol–water partition coefficient (Wildman–Crippen LogP) is 3.04. The summed E-state index contributed by atoms with van der Waals surface area (Å²) in [5.41, 5.74) is 1.35. The highest BCUT2D eigenvalue weighted by Crippen LogP contribution is 2.11. The molecule has 1 heterocycles. The minimum atomic E-state index is -0.951. The summed E-state index contributed by atoms with van der Waals surface area (Å²) in [6.07, 6.45) is 3.46. The van der Waals surface area contributed by atoms with E-state index < -0.39 is 5.97 Å². The number of hydrogen-bond acceptors (Lipinski definition) is 3. The molecule has 5 heteroatoms. The van der Waals surface area contributed by atoms with Crippen molar-refractivity contribution in [1.29, 1.82) is 0 Å². The Balaban J connectivity index is 2.10. The van der Waals surface area contributed by atoms with Gasteiger partial charge in [0.15, 0.2) is 0 Å². The SMILES string of the molecule is O=C(O)CCn1c(C=Cc2ccccc2)nc2ccccc2c1=O. The Morgan fingerprint density at radius 3 is 2.50 bits per heavy atom. The van der Waals surface area contributed by atoms with Gasteiger partial charge in [0.1, 0.15) is 5.82 Å². The molecule has 5 nitrogen and oxygen atoms in total. The van der Waals surface area contributed by atoms with Crippen molar-refractivity contribution < 1.29 is 9.90 Å². The summed E-state index contributed by atoms with van der Waals surface area (Å²) >= 11 is 0. The number of aromatic nitrogens is 2. The topological polar surface area (TPSA) is 72.2 Å². The van der Waals surface area contributed by atoms with Crippen molar-refractivity contribution in [3.05, 3.63) is 76.3 Å². The molecule has 0 atom stereocenters. The van der Waals surface area contributed by atoms with Gasteiger partial charge in [-0.05, 0) is 23.8 Å². The molecule has 0 saturated carbocycles. The average Bonchev–Trinajstić information content (AvgIpc) is 2.60. The van der Waals surface area contributed by atoms with Crippen molar-refractivity contribution in [2.24, 2.45) is 0 Å². The van der Waals surface area contributed by atoms with E-state index in [0.29, 0.717) is 16.7 Å². The number of fused-ring (bicyclic) bond motifs is 1. The Hall–Kier alpha value is -3.21. The summed E-state index contributed by atoms with van der Waals surface area (Å²) in [7, 11) is 0. The standard InChI is InChI=1S/C19H16N2O3/c22-18(23)12-13-21-17(11-10-14-6-2-1-3-7-14)20-16-9-5-4-8-15(16)19(21)24/h1-11H,12-13H2,(H,22,23). The second kappa shape index (κ2) is 6.91. The van der Waals surface area contributed by atoms with E-state index in [0.717, 1.165) is 5.56 Å². The third-order valence-electron chi connectivity index (χ3n) is 3.66. The first kappa shape index (κ1) is 15.7. The predicted molar refractivity (Wildman–Crippen MR) is 93.6 cm³/mol. The summed E-state index contributed by atoms with van der Waals surface area (Å²) in [5.74, 6) is -0.503. The number of carboxylic acids is 1. The van der Waals surface area contributed by atoms with Crippen molar-refractivity contribution in [3.8, 4) is 0 Å². The molecule has 0 unspecified atom stereocenters. The number of hydrogen-bond donors (Lipinski definition) is 1. The van der Waals surface area contributed by atoms with E-state index in [1.54, 1.807) is 24.3 Å². The van der Waals surface area contributed by atoms with Gasteiger partial charge in [-0.1, -0.05) is 48.5 Å². The fourth-order valence-electron chi connectivity index (χ4n) is 2.47. The lowest BCUT2D eigenvalue weighted by Gasteiger charge is -2.10. The van der Waals surface area contributed by atoms with E-state index in [1.165, 1.54) is 4.57 Å². The molecule has 24 heavy (non-hydrogen) atoms. The van der Waals surface area contributed by atoms with E-state index in [1.807, 2.05) is 42.5 Å². The van der Waals surface area contributed by atoms with Crippen LogP contribution in [0.4, 0.5) is 0 Å². The fourth-order valence-corrected chi connectivity index (χ4v) is 2.47. The zero-order valence-electron chi connectivity index (χ0n) is 12.9. The lowest BCUT2D eigenvalue weighted by atomic mass is 10.2. The summed E-state index contributed by atoms with van der Waals surface area (Å²) in [5, 5.41) is 9.41. The van der Waals surface area contributed by atoms with E-state index in [4.69, 9.17) is 5.11 Å². The maximum atomic E-state index is 12.7. The Morgan fingerprint density at radius 2 is 1.75 bits per heavy atom.